The number of alkyl halides is 3. The Hall–Kier alpha value is -2.15. The maximum atomic E-state index is 12.4. The van der Waals surface area contributed by atoms with Crippen LogP contribution in [0.15, 0.2) is 30.6 Å². The Labute approximate surface area is 116 Å². The number of hydrogen-bond donors (Lipinski definition) is 1. The first-order valence-electron chi connectivity index (χ1n) is 5.32. The van der Waals surface area contributed by atoms with E-state index in [9.17, 15) is 18.0 Å². The molecular formula is C12H7ClF3N3O. The van der Waals surface area contributed by atoms with Crippen molar-refractivity contribution in [2.24, 2.45) is 0 Å². The van der Waals surface area contributed by atoms with Crippen LogP contribution in [-0.2, 0) is 6.18 Å². The molecule has 0 spiro atoms. The number of halogens is 4. The standard InChI is InChI=1S/C12H7ClF3N3O/c13-10-9(5-20)11(18-6-17-10)19-8-3-1-7(2-4-8)12(14,15)16/h1-6H,(H,17,18,19). The zero-order chi connectivity index (χ0) is 14.8. The van der Waals surface area contributed by atoms with Gasteiger partial charge in [-0.3, -0.25) is 4.79 Å². The molecule has 0 aliphatic carbocycles. The summed E-state index contributed by atoms with van der Waals surface area (Å²) in [6.07, 6.45) is -2.79. The van der Waals surface area contributed by atoms with Crippen molar-refractivity contribution in [3.8, 4) is 0 Å². The van der Waals surface area contributed by atoms with Crippen LogP contribution < -0.4 is 5.32 Å². The monoisotopic (exact) mass is 301 g/mol. The first-order chi connectivity index (χ1) is 9.41. The van der Waals surface area contributed by atoms with Gasteiger partial charge in [-0.05, 0) is 24.3 Å². The third-order valence-corrected chi connectivity index (χ3v) is 2.73. The summed E-state index contributed by atoms with van der Waals surface area (Å²) in [6, 6.07) is 4.30. The van der Waals surface area contributed by atoms with Gasteiger partial charge in [0.1, 0.15) is 17.3 Å². The lowest BCUT2D eigenvalue weighted by Gasteiger charge is -2.10. The van der Waals surface area contributed by atoms with E-state index >= 15 is 0 Å². The molecule has 1 aromatic heterocycles. The van der Waals surface area contributed by atoms with E-state index in [2.05, 4.69) is 15.3 Å². The van der Waals surface area contributed by atoms with Crippen LogP contribution in [0.3, 0.4) is 0 Å². The Bertz CT molecular complexity index is 629. The molecule has 0 saturated heterocycles. The number of nitrogens with zero attached hydrogens (tertiary/aromatic N) is 2. The molecule has 0 unspecified atom stereocenters. The van der Waals surface area contributed by atoms with E-state index in [1.807, 2.05) is 0 Å². The second kappa shape index (κ2) is 5.46. The largest absolute Gasteiger partial charge is 0.416 e. The first kappa shape index (κ1) is 14.3. The number of anilines is 2. The number of benzene rings is 1. The molecule has 0 bridgehead atoms. The van der Waals surface area contributed by atoms with Crippen molar-refractivity contribution in [2.45, 2.75) is 6.18 Å². The molecule has 0 atom stereocenters. The van der Waals surface area contributed by atoms with Gasteiger partial charge in [0.25, 0.3) is 0 Å². The first-order valence-corrected chi connectivity index (χ1v) is 5.69. The van der Waals surface area contributed by atoms with Gasteiger partial charge < -0.3 is 5.32 Å². The fraction of sp³-hybridized carbons (Fsp3) is 0.0833. The number of nitrogens with one attached hydrogen (secondary N) is 1. The van der Waals surface area contributed by atoms with Gasteiger partial charge in [-0.15, -0.1) is 0 Å². The molecule has 1 heterocycles. The van der Waals surface area contributed by atoms with Crippen LogP contribution in [0.1, 0.15) is 15.9 Å². The fourth-order valence-electron chi connectivity index (χ4n) is 1.46. The van der Waals surface area contributed by atoms with Crippen LogP contribution in [0.25, 0.3) is 0 Å². The number of aromatic nitrogens is 2. The number of rotatable bonds is 3. The molecule has 4 nitrogen and oxygen atoms in total. The third kappa shape index (κ3) is 3.05. The van der Waals surface area contributed by atoms with Crippen molar-refractivity contribution < 1.29 is 18.0 Å². The molecule has 0 fully saturated rings. The highest BCUT2D eigenvalue weighted by Crippen LogP contribution is 2.30. The normalized spacial score (nSPS) is 11.2. The maximum Gasteiger partial charge on any atom is 0.416 e. The molecule has 2 aromatic rings. The van der Waals surface area contributed by atoms with Gasteiger partial charge in [-0.2, -0.15) is 13.2 Å². The smallest absolute Gasteiger partial charge is 0.339 e. The second-order valence-electron chi connectivity index (χ2n) is 3.74. The SMILES string of the molecule is O=Cc1c(Cl)ncnc1Nc1ccc(C(F)(F)F)cc1. The number of hydrogen-bond acceptors (Lipinski definition) is 4. The summed E-state index contributed by atoms with van der Waals surface area (Å²) in [5.41, 5.74) is -0.385. The quantitative estimate of drug-likeness (QED) is 0.693. The molecule has 104 valence electrons. The van der Waals surface area contributed by atoms with Crippen molar-refractivity contribution >= 4 is 29.4 Å². The Balaban J connectivity index is 2.27. The summed E-state index contributed by atoms with van der Waals surface area (Å²) in [6.45, 7) is 0. The minimum Gasteiger partial charge on any atom is -0.339 e. The van der Waals surface area contributed by atoms with E-state index in [4.69, 9.17) is 11.6 Å². The molecule has 1 N–H and O–H groups in total. The van der Waals surface area contributed by atoms with Gasteiger partial charge in [0.05, 0.1) is 11.1 Å². The van der Waals surface area contributed by atoms with Crippen molar-refractivity contribution in [3.05, 3.63) is 46.9 Å². The highest BCUT2D eigenvalue weighted by Gasteiger charge is 2.29. The molecule has 8 heteroatoms. The van der Waals surface area contributed by atoms with E-state index < -0.39 is 11.7 Å². The molecule has 2 rings (SSSR count). The molecule has 0 aliphatic rings. The van der Waals surface area contributed by atoms with Gasteiger partial charge in [-0.1, -0.05) is 11.6 Å². The summed E-state index contributed by atoms with van der Waals surface area (Å²) in [7, 11) is 0. The summed E-state index contributed by atoms with van der Waals surface area (Å²) in [4.78, 5) is 18.3. The summed E-state index contributed by atoms with van der Waals surface area (Å²) >= 11 is 5.71. The van der Waals surface area contributed by atoms with Crippen molar-refractivity contribution in [1.29, 1.82) is 0 Å². The van der Waals surface area contributed by atoms with Crippen LogP contribution in [0, 0.1) is 0 Å². The van der Waals surface area contributed by atoms with Gasteiger partial charge in [-0.25, -0.2) is 9.97 Å². The molecule has 0 saturated carbocycles. The van der Waals surface area contributed by atoms with Crippen LogP contribution in [0.4, 0.5) is 24.7 Å². The number of aldehydes is 1. The van der Waals surface area contributed by atoms with Crippen LogP contribution in [0.5, 0.6) is 0 Å². The van der Waals surface area contributed by atoms with E-state index in [0.717, 1.165) is 18.5 Å². The van der Waals surface area contributed by atoms with Gasteiger partial charge >= 0.3 is 6.18 Å². The van der Waals surface area contributed by atoms with Gasteiger partial charge in [0.15, 0.2) is 6.29 Å². The number of carbonyl (C=O) groups excluding carboxylic acids is 1. The minimum absolute atomic E-state index is 0.0362. The van der Waals surface area contributed by atoms with E-state index in [1.54, 1.807) is 0 Å². The average molecular weight is 302 g/mol. The Kier molecular flexibility index (Phi) is 3.89. The predicted octanol–water partition coefficient (Wildman–Crippen LogP) is 3.70. The summed E-state index contributed by atoms with van der Waals surface area (Å²) in [5, 5.41) is 2.67. The minimum atomic E-state index is -4.40. The molecule has 0 radical (unpaired) electrons. The molecule has 1 aromatic carbocycles. The highest BCUT2D eigenvalue weighted by atomic mass is 35.5. The Morgan fingerprint density at radius 1 is 1.15 bits per heavy atom. The van der Waals surface area contributed by atoms with Crippen molar-refractivity contribution in [1.82, 2.24) is 9.97 Å². The maximum absolute atomic E-state index is 12.4. The zero-order valence-electron chi connectivity index (χ0n) is 9.78. The molecular weight excluding hydrogens is 295 g/mol. The Morgan fingerprint density at radius 3 is 2.35 bits per heavy atom. The van der Waals surface area contributed by atoms with Gasteiger partial charge in [0, 0.05) is 5.69 Å². The molecule has 20 heavy (non-hydrogen) atoms. The second-order valence-corrected chi connectivity index (χ2v) is 4.10. The predicted molar refractivity (Wildman–Crippen MR) is 67.2 cm³/mol. The van der Waals surface area contributed by atoms with E-state index in [-0.39, 0.29) is 16.5 Å². The molecule has 0 amide bonds. The third-order valence-electron chi connectivity index (χ3n) is 2.43. The van der Waals surface area contributed by atoms with E-state index in [1.165, 1.54) is 12.1 Å². The highest BCUT2D eigenvalue weighted by molar-refractivity contribution is 6.32. The topological polar surface area (TPSA) is 54.9 Å². The fourth-order valence-corrected chi connectivity index (χ4v) is 1.64. The average Bonchev–Trinajstić information content (AvgIpc) is 2.38. The van der Waals surface area contributed by atoms with Crippen LogP contribution in [-0.4, -0.2) is 16.3 Å². The van der Waals surface area contributed by atoms with Crippen LogP contribution >= 0.6 is 11.6 Å². The zero-order valence-corrected chi connectivity index (χ0v) is 10.5. The number of carbonyl (C=O) groups is 1. The lowest BCUT2D eigenvalue weighted by atomic mass is 10.2. The van der Waals surface area contributed by atoms with E-state index in [0.29, 0.717) is 12.0 Å². The molecule has 0 aliphatic heterocycles. The van der Waals surface area contributed by atoms with Gasteiger partial charge in [0.2, 0.25) is 0 Å². The van der Waals surface area contributed by atoms with Crippen LogP contribution in [0.2, 0.25) is 5.15 Å². The van der Waals surface area contributed by atoms with Crippen molar-refractivity contribution in [2.75, 3.05) is 5.32 Å². The summed E-state index contributed by atoms with van der Waals surface area (Å²) < 4.78 is 37.2. The lowest BCUT2D eigenvalue weighted by Crippen LogP contribution is -2.05. The van der Waals surface area contributed by atoms with Crippen molar-refractivity contribution in [3.63, 3.8) is 0 Å². The summed E-state index contributed by atoms with van der Waals surface area (Å²) in [5.74, 6) is 0.125. The lowest BCUT2D eigenvalue weighted by molar-refractivity contribution is -0.137. The Morgan fingerprint density at radius 2 is 1.80 bits per heavy atom.